The molecule has 16 heavy (non-hydrogen) atoms. The van der Waals surface area contributed by atoms with Gasteiger partial charge in [0, 0.05) is 6.54 Å². The summed E-state index contributed by atoms with van der Waals surface area (Å²) in [6.07, 6.45) is 5.25. The van der Waals surface area contributed by atoms with Gasteiger partial charge in [-0.15, -0.1) is 0 Å². The van der Waals surface area contributed by atoms with Crippen LogP contribution in [0, 0.1) is 5.41 Å². The second-order valence-corrected chi connectivity index (χ2v) is 4.81. The highest BCUT2D eigenvalue weighted by Crippen LogP contribution is 2.21. The van der Waals surface area contributed by atoms with Crippen molar-refractivity contribution in [1.82, 2.24) is 5.32 Å². The Morgan fingerprint density at radius 3 is 2.38 bits per heavy atom. The van der Waals surface area contributed by atoms with Crippen LogP contribution in [0.3, 0.4) is 0 Å². The van der Waals surface area contributed by atoms with Crippen molar-refractivity contribution in [3.63, 3.8) is 0 Å². The molecule has 0 aromatic rings. The topological polar surface area (TPSA) is 55.1 Å². The molecule has 0 aromatic carbocycles. The average Bonchev–Trinajstić information content (AvgIpc) is 2.27. The number of amides is 1. The zero-order valence-corrected chi connectivity index (χ0v) is 11.5. The second-order valence-electron chi connectivity index (χ2n) is 4.37. The van der Waals surface area contributed by atoms with Gasteiger partial charge in [-0.25, -0.2) is 0 Å². The summed E-state index contributed by atoms with van der Waals surface area (Å²) < 4.78 is 0. The van der Waals surface area contributed by atoms with Gasteiger partial charge in [-0.3, -0.25) is 4.79 Å². The van der Waals surface area contributed by atoms with Gasteiger partial charge in [-0.2, -0.15) is 0 Å². The maximum absolute atomic E-state index is 11.9. The summed E-state index contributed by atoms with van der Waals surface area (Å²) in [5.41, 5.74) is 4.91. The van der Waals surface area contributed by atoms with Gasteiger partial charge < -0.3 is 11.1 Å². The SMILES string of the molecule is CCCCCCNC(=O)C(C)(CC)C(N)=S. The third kappa shape index (κ3) is 4.47. The first-order valence-corrected chi connectivity index (χ1v) is 6.48. The molecule has 0 saturated heterocycles. The Morgan fingerprint density at radius 2 is 1.94 bits per heavy atom. The van der Waals surface area contributed by atoms with Crippen LogP contribution in [0.5, 0.6) is 0 Å². The number of nitrogens with two attached hydrogens (primary N) is 1. The molecule has 0 radical (unpaired) electrons. The predicted molar refractivity (Wildman–Crippen MR) is 72.3 cm³/mol. The molecule has 4 heteroatoms. The quantitative estimate of drug-likeness (QED) is 0.509. The molecule has 0 aromatic heterocycles. The maximum Gasteiger partial charge on any atom is 0.232 e. The van der Waals surface area contributed by atoms with E-state index in [1.54, 1.807) is 6.92 Å². The summed E-state index contributed by atoms with van der Waals surface area (Å²) in [7, 11) is 0. The highest BCUT2D eigenvalue weighted by Gasteiger charge is 2.33. The van der Waals surface area contributed by atoms with Crippen molar-refractivity contribution in [3.8, 4) is 0 Å². The van der Waals surface area contributed by atoms with Gasteiger partial charge in [0.05, 0.1) is 10.4 Å². The fraction of sp³-hybridized carbons (Fsp3) is 0.833. The number of carbonyl (C=O) groups is 1. The molecule has 1 amide bonds. The summed E-state index contributed by atoms with van der Waals surface area (Å²) in [4.78, 5) is 12.2. The molecule has 1 atom stereocenters. The number of hydrogen-bond donors (Lipinski definition) is 2. The van der Waals surface area contributed by atoms with Crippen molar-refractivity contribution >= 4 is 23.1 Å². The van der Waals surface area contributed by atoms with Crippen molar-refractivity contribution < 1.29 is 4.79 Å². The number of rotatable bonds is 8. The second kappa shape index (κ2) is 7.60. The van der Waals surface area contributed by atoms with Crippen LogP contribution in [0.2, 0.25) is 0 Å². The molecule has 0 spiro atoms. The van der Waals surface area contributed by atoms with Crippen LogP contribution >= 0.6 is 12.2 Å². The predicted octanol–water partition coefficient (Wildman–Crippen LogP) is 2.39. The Labute approximate surface area is 104 Å². The minimum Gasteiger partial charge on any atom is -0.392 e. The Morgan fingerprint density at radius 1 is 1.31 bits per heavy atom. The summed E-state index contributed by atoms with van der Waals surface area (Å²) in [6.45, 7) is 6.61. The van der Waals surface area contributed by atoms with Crippen LogP contribution in [0.25, 0.3) is 0 Å². The number of unbranched alkanes of at least 4 members (excludes halogenated alkanes) is 3. The molecule has 0 fully saturated rings. The van der Waals surface area contributed by atoms with E-state index in [0.29, 0.717) is 6.42 Å². The van der Waals surface area contributed by atoms with E-state index < -0.39 is 5.41 Å². The zero-order valence-electron chi connectivity index (χ0n) is 10.6. The largest absolute Gasteiger partial charge is 0.392 e. The van der Waals surface area contributed by atoms with E-state index >= 15 is 0 Å². The van der Waals surface area contributed by atoms with Gasteiger partial charge in [0.15, 0.2) is 0 Å². The smallest absolute Gasteiger partial charge is 0.232 e. The monoisotopic (exact) mass is 244 g/mol. The lowest BCUT2D eigenvalue weighted by molar-refractivity contribution is -0.126. The number of nitrogens with one attached hydrogen (secondary N) is 1. The molecule has 0 rings (SSSR count). The normalized spacial score (nSPS) is 14.2. The van der Waals surface area contributed by atoms with E-state index in [-0.39, 0.29) is 10.9 Å². The van der Waals surface area contributed by atoms with E-state index in [1.165, 1.54) is 12.8 Å². The minimum absolute atomic E-state index is 0.0426. The molecule has 94 valence electrons. The van der Waals surface area contributed by atoms with Crippen molar-refractivity contribution in [2.75, 3.05) is 6.54 Å². The number of carbonyl (C=O) groups excluding carboxylic acids is 1. The maximum atomic E-state index is 11.9. The Hall–Kier alpha value is -0.640. The molecule has 0 aliphatic heterocycles. The van der Waals surface area contributed by atoms with Gasteiger partial charge in [0.25, 0.3) is 0 Å². The molecule has 0 aliphatic rings. The fourth-order valence-corrected chi connectivity index (χ4v) is 1.63. The van der Waals surface area contributed by atoms with Crippen LogP contribution in [0.4, 0.5) is 0 Å². The molecule has 0 saturated carbocycles. The average molecular weight is 244 g/mol. The van der Waals surface area contributed by atoms with E-state index in [4.69, 9.17) is 18.0 Å². The first-order valence-electron chi connectivity index (χ1n) is 6.07. The van der Waals surface area contributed by atoms with Gasteiger partial charge in [0.1, 0.15) is 0 Å². The van der Waals surface area contributed by atoms with Crippen LogP contribution in [0.1, 0.15) is 52.9 Å². The molecule has 0 bridgehead atoms. The molecular weight excluding hydrogens is 220 g/mol. The number of hydrogen-bond acceptors (Lipinski definition) is 2. The molecule has 0 aliphatic carbocycles. The lowest BCUT2D eigenvalue weighted by Gasteiger charge is -2.25. The highest BCUT2D eigenvalue weighted by molar-refractivity contribution is 7.80. The fourth-order valence-electron chi connectivity index (χ4n) is 1.40. The molecule has 1 unspecified atom stereocenters. The first kappa shape index (κ1) is 15.4. The first-order chi connectivity index (χ1) is 7.49. The van der Waals surface area contributed by atoms with Crippen molar-refractivity contribution in [3.05, 3.63) is 0 Å². The molecule has 3 N–H and O–H groups in total. The lowest BCUT2D eigenvalue weighted by atomic mass is 9.86. The Balaban J connectivity index is 3.99. The highest BCUT2D eigenvalue weighted by atomic mass is 32.1. The van der Waals surface area contributed by atoms with Gasteiger partial charge in [-0.05, 0) is 19.8 Å². The van der Waals surface area contributed by atoms with Crippen LogP contribution in [0.15, 0.2) is 0 Å². The van der Waals surface area contributed by atoms with E-state index in [1.807, 2.05) is 6.92 Å². The molecular formula is C12H24N2OS. The number of thiocarbonyl (C=S) groups is 1. The Bertz CT molecular complexity index is 243. The van der Waals surface area contributed by atoms with E-state index in [0.717, 1.165) is 19.4 Å². The lowest BCUT2D eigenvalue weighted by Crippen LogP contribution is -2.46. The third-order valence-electron chi connectivity index (χ3n) is 3.07. The summed E-state index contributed by atoms with van der Waals surface area (Å²) in [6, 6.07) is 0. The summed E-state index contributed by atoms with van der Waals surface area (Å²) in [5, 5.41) is 2.91. The molecule has 0 heterocycles. The zero-order chi connectivity index (χ0) is 12.6. The third-order valence-corrected chi connectivity index (χ3v) is 3.52. The summed E-state index contributed by atoms with van der Waals surface area (Å²) in [5.74, 6) is -0.0426. The van der Waals surface area contributed by atoms with Crippen LogP contribution in [-0.2, 0) is 4.79 Å². The van der Waals surface area contributed by atoms with Gasteiger partial charge in [0.2, 0.25) is 5.91 Å². The van der Waals surface area contributed by atoms with Crippen molar-refractivity contribution in [2.45, 2.75) is 52.9 Å². The van der Waals surface area contributed by atoms with Gasteiger partial charge in [-0.1, -0.05) is 45.3 Å². The van der Waals surface area contributed by atoms with E-state index in [9.17, 15) is 4.79 Å². The van der Waals surface area contributed by atoms with Crippen molar-refractivity contribution in [2.24, 2.45) is 11.1 Å². The standard InChI is InChI=1S/C12H24N2OS/c1-4-6-7-8-9-14-11(15)12(3,5-2)10(13)16/h4-9H2,1-3H3,(H2,13,16)(H,14,15). The van der Waals surface area contributed by atoms with Crippen LogP contribution in [-0.4, -0.2) is 17.4 Å². The Kier molecular flexibility index (Phi) is 7.30. The van der Waals surface area contributed by atoms with Gasteiger partial charge >= 0.3 is 0 Å². The van der Waals surface area contributed by atoms with Crippen LogP contribution < -0.4 is 11.1 Å². The summed E-state index contributed by atoms with van der Waals surface area (Å²) >= 11 is 4.94. The van der Waals surface area contributed by atoms with Crippen molar-refractivity contribution in [1.29, 1.82) is 0 Å². The molecule has 3 nitrogen and oxygen atoms in total. The minimum atomic E-state index is -0.694. The van der Waals surface area contributed by atoms with E-state index in [2.05, 4.69) is 12.2 Å².